The predicted octanol–water partition coefficient (Wildman–Crippen LogP) is 0.916. The molecule has 4 nitrogen and oxygen atoms in total. The second kappa shape index (κ2) is 8.68. The second-order valence-corrected chi connectivity index (χ2v) is 3.82. The highest BCUT2D eigenvalue weighted by Crippen LogP contribution is 1.87. The molecule has 0 saturated carbocycles. The van der Waals surface area contributed by atoms with Gasteiger partial charge in [0.2, 0.25) is 5.91 Å². The van der Waals surface area contributed by atoms with Crippen molar-refractivity contribution >= 4 is 5.91 Å². The van der Waals surface area contributed by atoms with Crippen LogP contribution in [0.15, 0.2) is 0 Å². The number of nitrogens with one attached hydrogen (secondary N) is 2. The van der Waals surface area contributed by atoms with Crippen molar-refractivity contribution in [3.8, 4) is 0 Å². The van der Waals surface area contributed by atoms with E-state index < -0.39 is 0 Å². The molecule has 0 aliphatic rings. The number of carbonyl (C=O) groups is 1. The van der Waals surface area contributed by atoms with Gasteiger partial charge in [-0.1, -0.05) is 6.92 Å². The zero-order valence-corrected chi connectivity index (χ0v) is 10.3. The van der Waals surface area contributed by atoms with Gasteiger partial charge in [-0.2, -0.15) is 0 Å². The van der Waals surface area contributed by atoms with Crippen molar-refractivity contribution in [3.63, 3.8) is 0 Å². The van der Waals surface area contributed by atoms with Crippen LogP contribution in [0.1, 0.15) is 34.1 Å². The largest absolute Gasteiger partial charge is 0.380 e. The molecule has 0 heterocycles. The molecule has 0 aliphatic heterocycles. The van der Waals surface area contributed by atoms with Crippen LogP contribution in [0.5, 0.6) is 0 Å². The molecule has 90 valence electrons. The fourth-order valence-corrected chi connectivity index (χ4v) is 1.07. The minimum atomic E-state index is 0.0301. The van der Waals surface area contributed by atoms with Crippen LogP contribution in [-0.4, -0.2) is 37.7 Å². The molecule has 2 atom stereocenters. The van der Waals surface area contributed by atoms with E-state index in [1.807, 2.05) is 13.8 Å². The van der Waals surface area contributed by atoms with Crippen LogP contribution in [0.3, 0.4) is 0 Å². The summed E-state index contributed by atoms with van der Waals surface area (Å²) >= 11 is 0. The van der Waals surface area contributed by atoms with E-state index in [-0.39, 0.29) is 11.9 Å². The third-order valence-corrected chi connectivity index (χ3v) is 2.20. The predicted molar refractivity (Wildman–Crippen MR) is 61.9 cm³/mol. The van der Waals surface area contributed by atoms with Gasteiger partial charge in [0.15, 0.2) is 0 Å². The van der Waals surface area contributed by atoms with Gasteiger partial charge in [-0.3, -0.25) is 4.79 Å². The average Bonchev–Trinajstić information content (AvgIpc) is 2.22. The van der Waals surface area contributed by atoms with Crippen molar-refractivity contribution in [2.45, 2.75) is 46.2 Å². The van der Waals surface area contributed by atoms with Crippen LogP contribution < -0.4 is 10.6 Å². The Morgan fingerprint density at radius 3 is 2.47 bits per heavy atom. The topological polar surface area (TPSA) is 50.4 Å². The third-order valence-electron chi connectivity index (χ3n) is 2.20. The van der Waals surface area contributed by atoms with Gasteiger partial charge in [-0.15, -0.1) is 0 Å². The summed E-state index contributed by atoms with van der Waals surface area (Å²) in [5.41, 5.74) is 0. The van der Waals surface area contributed by atoms with Gasteiger partial charge < -0.3 is 15.4 Å². The van der Waals surface area contributed by atoms with Crippen molar-refractivity contribution in [3.05, 3.63) is 0 Å². The van der Waals surface area contributed by atoms with Gasteiger partial charge in [0.25, 0.3) is 0 Å². The fourth-order valence-electron chi connectivity index (χ4n) is 1.07. The molecule has 0 fully saturated rings. The molecule has 0 aromatic rings. The van der Waals surface area contributed by atoms with Gasteiger partial charge in [0.05, 0.1) is 13.2 Å². The normalized spacial score (nSPS) is 14.7. The average molecular weight is 216 g/mol. The fraction of sp³-hybridized carbons (Fsp3) is 0.909. The highest BCUT2D eigenvalue weighted by atomic mass is 16.5. The maximum absolute atomic E-state index is 11.4. The van der Waals surface area contributed by atoms with Gasteiger partial charge in [-0.25, -0.2) is 0 Å². The van der Waals surface area contributed by atoms with Crippen LogP contribution in [0.25, 0.3) is 0 Å². The standard InChI is InChI=1S/C11H24N2O2/c1-5-9(3)12-7-11(14)13-10(4)8-15-6-2/h9-10,12H,5-8H2,1-4H3,(H,13,14). The number of carbonyl (C=O) groups excluding carboxylic acids is 1. The monoisotopic (exact) mass is 216 g/mol. The summed E-state index contributed by atoms with van der Waals surface area (Å²) in [5.74, 6) is 0.0301. The Labute approximate surface area is 92.8 Å². The van der Waals surface area contributed by atoms with Crippen molar-refractivity contribution in [2.75, 3.05) is 19.8 Å². The van der Waals surface area contributed by atoms with Crippen LogP contribution in [0.2, 0.25) is 0 Å². The lowest BCUT2D eigenvalue weighted by molar-refractivity contribution is -0.121. The minimum absolute atomic E-state index is 0.0301. The number of rotatable bonds is 8. The molecule has 2 N–H and O–H groups in total. The van der Waals surface area contributed by atoms with Crippen LogP contribution >= 0.6 is 0 Å². The van der Waals surface area contributed by atoms with Gasteiger partial charge in [0.1, 0.15) is 0 Å². The van der Waals surface area contributed by atoms with Crippen molar-refractivity contribution in [1.82, 2.24) is 10.6 Å². The molecule has 0 radical (unpaired) electrons. The van der Waals surface area contributed by atoms with E-state index in [0.29, 0.717) is 25.8 Å². The summed E-state index contributed by atoms with van der Waals surface area (Å²) in [4.78, 5) is 11.4. The van der Waals surface area contributed by atoms with E-state index in [1.165, 1.54) is 0 Å². The summed E-state index contributed by atoms with van der Waals surface area (Å²) < 4.78 is 5.21. The lowest BCUT2D eigenvalue weighted by Gasteiger charge is -2.15. The second-order valence-electron chi connectivity index (χ2n) is 3.82. The molecule has 0 aliphatic carbocycles. The van der Waals surface area contributed by atoms with Gasteiger partial charge in [0, 0.05) is 18.7 Å². The number of hydrogen-bond acceptors (Lipinski definition) is 3. The van der Waals surface area contributed by atoms with Gasteiger partial charge in [-0.05, 0) is 27.2 Å². The number of hydrogen-bond donors (Lipinski definition) is 2. The SMILES string of the molecule is CCOCC(C)NC(=O)CNC(C)CC. The molecule has 1 amide bonds. The Morgan fingerprint density at radius 2 is 1.93 bits per heavy atom. The summed E-state index contributed by atoms with van der Waals surface area (Å²) in [7, 11) is 0. The maximum atomic E-state index is 11.4. The van der Waals surface area contributed by atoms with Crippen LogP contribution in [-0.2, 0) is 9.53 Å². The summed E-state index contributed by atoms with van der Waals surface area (Å²) in [5, 5.41) is 6.01. The van der Waals surface area contributed by atoms with E-state index in [9.17, 15) is 4.79 Å². The Kier molecular flexibility index (Phi) is 8.33. The minimum Gasteiger partial charge on any atom is -0.380 e. The van der Waals surface area contributed by atoms with E-state index >= 15 is 0 Å². The molecule has 0 bridgehead atoms. The molecule has 0 saturated heterocycles. The highest BCUT2D eigenvalue weighted by Gasteiger charge is 2.07. The Bertz CT molecular complexity index is 174. The van der Waals surface area contributed by atoms with E-state index in [2.05, 4.69) is 24.5 Å². The van der Waals surface area contributed by atoms with E-state index in [1.54, 1.807) is 0 Å². The first kappa shape index (κ1) is 14.4. The molecule has 2 unspecified atom stereocenters. The number of amides is 1. The molecule has 0 aromatic carbocycles. The molecule has 0 aromatic heterocycles. The Hall–Kier alpha value is -0.610. The molecule has 0 rings (SSSR count). The smallest absolute Gasteiger partial charge is 0.234 e. The first-order valence-electron chi connectivity index (χ1n) is 5.70. The zero-order chi connectivity index (χ0) is 11.7. The number of ether oxygens (including phenoxy) is 1. The zero-order valence-electron chi connectivity index (χ0n) is 10.3. The molecule has 0 spiro atoms. The lowest BCUT2D eigenvalue weighted by Crippen LogP contribution is -2.43. The molecular formula is C11H24N2O2. The summed E-state index contributed by atoms with van der Waals surface area (Å²) in [6.07, 6.45) is 1.03. The van der Waals surface area contributed by atoms with E-state index in [4.69, 9.17) is 4.74 Å². The summed E-state index contributed by atoms with van der Waals surface area (Å²) in [6, 6.07) is 0.467. The van der Waals surface area contributed by atoms with Crippen LogP contribution in [0.4, 0.5) is 0 Å². The lowest BCUT2D eigenvalue weighted by atomic mass is 10.2. The Balaban J connectivity index is 3.55. The summed E-state index contributed by atoms with van der Waals surface area (Å²) in [6.45, 7) is 9.68. The van der Waals surface area contributed by atoms with E-state index in [0.717, 1.165) is 6.42 Å². The maximum Gasteiger partial charge on any atom is 0.234 e. The van der Waals surface area contributed by atoms with Crippen molar-refractivity contribution < 1.29 is 9.53 Å². The molecule has 15 heavy (non-hydrogen) atoms. The molecule has 4 heteroatoms. The van der Waals surface area contributed by atoms with Crippen molar-refractivity contribution in [1.29, 1.82) is 0 Å². The molecular weight excluding hydrogens is 192 g/mol. The van der Waals surface area contributed by atoms with Crippen LogP contribution in [0, 0.1) is 0 Å². The quantitative estimate of drug-likeness (QED) is 0.634. The third kappa shape index (κ3) is 8.39. The van der Waals surface area contributed by atoms with Gasteiger partial charge >= 0.3 is 0 Å². The first-order valence-corrected chi connectivity index (χ1v) is 5.70. The van der Waals surface area contributed by atoms with Crippen molar-refractivity contribution in [2.24, 2.45) is 0 Å². The first-order chi connectivity index (χ1) is 7.10. The Morgan fingerprint density at radius 1 is 1.27 bits per heavy atom. The highest BCUT2D eigenvalue weighted by molar-refractivity contribution is 5.78.